The molecule has 124 valence electrons. The maximum atomic E-state index is 12.2. The van der Waals surface area contributed by atoms with Gasteiger partial charge in [-0.3, -0.25) is 0 Å². The zero-order valence-corrected chi connectivity index (χ0v) is 14.0. The lowest BCUT2D eigenvalue weighted by atomic mass is 10.2. The highest BCUT2D eigenvalue weighted by atomic mass is 16.6. The van der Waals surface area contributed by atoms with Crippen LogP contribution in [0, 0.1) is 0 Å². The maximum absolute atomic E-state index is 12.2. The Bertz CT molecular complexity index is 896. The number of aromatic nitrogens is 4. The third-order valence-electron chi connectivity index (χ3n) is 3.22. The predicted octanol–water partition coefficient (Wildman–Crippen LogP) is 3.29. The summed E-state index contributed by atoms with van der Waals surface area (Å²) in [6.45, 7) is 5.45. The third kappa shape index (κ3) is 3.19. The van der Waals surface area contributed by atoms with E-state index < -0.39 is 11.7 Å². The first-order valence-corrected chi connectivity index (χ1v) is 7.45. The van der Waals surface area contributed by atoms with Gasteiger partial charge in [-0.1, -0.05) is 0 Å². The molecule has 3 heterocycles. The average Bonchev–Trinajstić information content (AvgIpc) is 2.96. The van der Waals surface area contributed by atoms with Crippen molar-refractivity contribution in [2.45, 2.75) is 26.4 Å². The Labute approximate surface area is 139 Å². The quantitative estimate of drug-likeness (QED) is 0.719. The van der Waals surface area contributed by atoms with Gasteiger partial charge in [-0.2, -0.15) is 0 Å². The largest absolute Gasteiger partial charge is 0.481 e. The summed E-state index contributed by atoms with van der Waals surface area (Å²) >= 11 is 0. The molecule has 0 aliphatic rings. The summed E-state index contributed by atoms with van der Waals surface area (Å²) in [7, 11) is 1.56. The van der Waals surface area contributed by atoms with Crippen LogP contribution in [0.2, 0.25) is 0 Å². The molecular weight excluding hydrogens is 308 g/mol. The minimum atomic E-state index is -0.575. The van der Waals surface area contributed by atoms with E-state index in [1.807, 2.05) is 26.8 Å². The number of nitrogens with zero attached hydrogens (tertiary/aromatic N) is 4. The molecule has 0 bridgehead atoms. The van der Waals surface area contributed by atoms with Gasteiger partial charge in [-0.15, -0.1) is 0 Å². The van der Waals surface area contributed by atoms with Crippen LogP contribution in [0.25, 0.3) is 22.4 Å². The van der Waals surface area contributed by atoms with E-state index in [1.165, 1.54) is 4.57 Å². The fourth-order valence-corrected chi connectivity index (χ4v) is 2.19. The van der Waals surface area contributed by atoms with Gasteiger partial charge in [0.05, 0.1) is 19.0 Å². The highest BCUT2D eigenvalue weighted by Crippen LogP contribution is 2.22. The van der Waals surface area contributed by atoms with Crippen LogP contribution >= 0.6 is 0 Å². The summed E-state index contributed by atoms with van der Waals surface area (Å²) in [5, 5.41) is 0. The second-order valence-electron chi connectivity index (χ2n) is 6.22. The van der Waals surface area contributed by atoms with Crippen molar-refractivity contribution in [3.63, 3.8) is 0 Å². The highest BCUT2D eigenvalue weighted by Gasteiger charge is 2.20. The van der Waals surface area contributed by atoms with E-state index in [9.17, 15) is 4.79 Å². The van der Waals surface area contributed by atoms with Crippen LogP contribution in [0.1, 0.15) is 20.8 Å². The third-order valence-corrected chi connectivity index (χ3v) is 3.22. The van der Waals surface area contributed by atoms with Crippen molar-refractivity contribution in [3.05, 3.63) is 36.8 Å². The molecule has 0 saturated heterocycles. The smallest absolute Gasteiger partial charge is 0.420 e. The maximum Gasteiger partial charge on any atom is 0.420 e. The molecule has 7 heteroatoms. The number of carbonyl (C=O) groups is 1. The Kier molecular flexibility index (Phi) is 3.92. The normalized spacial score (nSPS) is 11.5. The zero-order valence-electron chi connectivity index (χ0n) is 14.0. The van der Waals surface area contributed by atoms with Crippen molar-refractivity contribution in [3.8, 4) is 17.1 Å². The predicted molar refractivity (Wildman–Crippen MR) is 88.9 cm³/mol. The molecule has 0 amide bonds. The van der Waals surface area contributed by atoms with Crippen molar-refractivity contribution in [2.75, 3.05) is 7.11 Å². The van der Waals surface area contributed by atoms with Gasteiger partial charge in [0.1, 0.15) is 11.1 Å². The molecule has 0 atom stereocenters. The summed E-state index contributed by atoms with van der Waals surface area (Å²) in [6.07, 6.45) is 4.38. The number of fused-ring (bicyclic) bond motifs is 1. The van der Waals surface area contributed by atoms with Gasteiger partial charge in [0, 0.05) is 24.0 Å². The van der Waals surface area contributed by atoms with Gasteiger partial charge in [0.2, 0.25) is 5.88 Å². The van der Waals surface area contributed by atoms with Crippen LogP contribution in [0.4, 0.5) is 4.79 Å². The molecule has 0 spiro atoms. The second kappa shape index (κ2) is 5.92. The van der Waals surface area contributed by atoms with Gasteiger partial charge in [-0.05, 0) is 32.9 Å². The zero-order chi connectivity index (χ0) is 17.3. The lowest BCUT2D eigenvalue weighted by Gasteiger charge is -2.19. The molecule has 0 N–H and O–H groups in total. The Morgan fingerprint density at radius 3 is 2.71 bits per heavy atom. The molecular formula is C17H18N4O3. The van der Waals surface area contributed by atoms with Crippen molar-refractivity contribution in [1.29, 1.82) is 0 Å². The van der Waals surface area contributed by atoms with Gasteiger partial charge in [-0.25, -0.2) is 24.3 Å². The molecule has 0 saturated carbocycles. The molecule has 0 fully saturated rings. The number of ether oxygens (including phenoxy) is 2. The molecule has 0 unspecified atom stereocenters. The van der Waals surface area contributed by atoms with Gasteiger partial charge < -0.3 is 9.47 Å². The van der Waals surface area contributed by atoms with E-state index in [1.54, 1.807) is 37.8 Å². The molecule has 0 radical (unpaired) electrons. The van der Waals surface area contributed by atoms with E-state index in [2.05, 4.69) is 15.0 Å². The molecule has 3 rings (SSSR count). The minimum absolute atomic E-state index is 0.453. The van der Waals surface area contributed by atoms with Crippen LogP contribution in [0.3, 0.4) is 0 Å². The fourth-order valence-electron chi connectivity index (χ4n) is 2.19. The number of methoxy groups -OCH3 is 1. The topological polar surface area (TPSA) is 79.1 Å². The average molecular weight is 326 g/mol. The molecule has 0 aromatic carbocycles. The van der Waals surface area contributed by atoms with Crippen molar-refractivity contribution in [1.82, 2.24) is 19.5 Å². The van der Waals surface area contributed by atoms with Crippen molar-refractivity contribution >= 4 is 17.3 Å². The lowest BCUT2D eigenvalue weighted by molar-refractivity contribution is 0.0543. The Morgan fingerprint density at radius 1 is 1.21 bits per heavy atom. The number of rotatable bonds is 2. The Morgan fingerprint density at radius 2 is 2.00 bits per heavy atom. The first-order valence-electron chi connectivity index (χ1n) is 7.45. The van der Waals surface area contributed by atoms with Crippen LogP contribution in [0.5, 0.6) is 5.88 Å². The summed E-state index contributed by atoms with van der Waals surface area (Å²) in [6, 6.07) is 5.33. The van der Waals surface area contributed by atoms with E-state index in [4.69, 9.17) is 9.47 Å². The Balaban J connectivity index is 1.97. The molecule has 7 nitrogen and oxygen atoms in total. The summed E-state index contributed by atoms with van der Waals surface area (Å²) in [5.74, 6) is 0.501. The van der Waals surface area contributed by atoms with Crippen LogP contribution in [-0.4, -0.2) is 38.3 Å². The van der Waals surface area contributed by atoms with Crippen LogP contribution in [-0.2, 0) is 4.74 Å². The molecule has 3 aromatic heterocycles. The fraction of sp³-hybridized carbons (Fsp3) is 0.294. The molecule has 24 heavy (non-hydrogen) atoms. The SMILES string of the molecule is COc1cc(-c2cnc3c(ccn3C(=O)OC(C)(C)C)n2)ccn1. The van der Waals surface area contributed by atoms with Crippen LogP contribution < -0.4 is 4.74 Å². The van der Waals surface area contributed by atoms with Crippen molar-refractivity contribution in [2.24, 2.45) is 0 Å². The summed E-state index contributed by atoms with van der Waals surface area (Å²) in [4.78, 5) is 25.2. The summed E-state index contributed by atoms with van der Waals surface area (Å²) in [5.41, 5.74) is 1.99. The second-order valence-corrected chi connectivity index (χ2v) is 6.22. The van der Waals surface area contributed by atoms with Crippen molar-refractivity contribution < 1.29 is 14.3 Å². The van der Waals surface area contributed by atoms with E-state index in [0.717, 1.165) is 5.56 Å². The summed E-state index contributed by atoms with van der Waals surface area (Å²) < 4.78 is 11.8. The standard InChI is InChI=1S/C17H18N4O3/c1-17(2,3)24-16(22)21-8-6-12-15(21)19-10-13(20-12)11-5-7-18-14(9-11)23-4/h5-10H,1-4H3. The Hall–Kier alpha value is -2.96. The highest BCUT2D eigenvalue weighted by molar-refractivity contribution is 5.85. The van der Waals surface area contributed by atoms with E-state index >= 15 is 0 Å². The van der Waals surface area contributed by atoms with E-state index in [-0.39, 0.29) is 0 Å². The minimum Gasteiger partial charge on any atom is -0.481 e. The molecule has 0 aliphatic heterocycles. The van der Waals surface area contributed by atoms with Gasteiger partial charge in [0.15, 0.2) is 5.65 Å². The first-order chi connectivity index (χ1) is 11.4. The van der Waals surface area contributed by atoms with Crippen LogP contribution in [0.15, 0.2) is 36.8 Å². The van der Waals surface area contributed by atoms with Gasteiger partial charge in [0.25, 0.3) is 0 Å². The number of pyridine rings is 1. The number of hydrogen-bond acceptors (Lipinski definition) is 6. The lowest BCUT2D eigenvalue weighted by Crippen LogP contribution is -2.26. The molecule has 0 aliphatic carbocycles. The first kappa shape index (κ1) is 15.9. The number of hydrogen-bond donors (Lipinski definition) is 0. The van der Waals surface area contributed by atoms with E-state index in [0.29, 0.717) is 22.7 Å². The van der Waals surface area contributed by atoms with Gasteiger partial charge >= 0.3 is 6.09 Å². The molecule has 3 aromatic rings. The number of carbonyl (C=O) groups excluding carboxylic acids is 1. The monoisotopic (exact) mass is 326 g/mol.